The second-order valence-electron chi connectivity index (χ2n) is 6.86. The lowest BCUT2D eigenvalue weighted by atomic mass is 10.2. The molecule has 0 fully saturated rings. The van der Waals surface area contributed by atoms with E-state index in [4.69, 9.17) is 5.26 Å². The first-order chi connectivity index (χ1) is 13.4. The SMILES string of the molecule is N#CCCCCCC[P+](c1ccccc1)(c1ccccc1)c1ccccc1.[Br-]. The minimum absolute atomic E-state index is 0. The summed E-state index contributed by atoms with van der Waals surface area (Å²) in [5.41, 5.74) is 0. The third-order valence-electron chi connectivity index (χ3n) is 5.12. The lowest BCUT2D eigenvalue weighted by molar-refractivity contribution is -0.00000559. The van der Waals surface area contributed by atoms with Gasteiger partial charge in [-0.25, -0.2) is 0 Å². The van der Waals surface area contributed by atoms with Crippen molar-refractivity contribution in [3.8, 4) is 6.07 Å². The molecule has 3 rings (SSSR count). The van der Waals surface area contributed by atoms with Gasteiger partial charge in [0.1, 0.15) is 23.2 Å². The van der Waals surface area contributed by atoms with Gasteiger partial charge in [0.2, 0.25) is 0 Å². The van der Waals surface area contributed by atoms with Crippen LogP contribution < -0.4 is 32.9 Å². The molecule has 0 bridgehead atoms. The predicted octanol–water partition coefficient (Wildman–Crippen LogP) is 2.46. The maximum absolute atomic E-state index is 8.75. The molecule has 1 nitrogen and oxygen atoms in total. The largest absolute Gasteiger partial charge is 1.00 e. The van der Waals surface area contributed by atoms with Crippen LogP contribution in [-0.4, -0.2) is 6.16 Å². The smallest absolute Gasteiger partial charge is 0.112 e. The van der Waals surface area contributed by atoms with Gasteiger partial charge in [0, 0.05) is 6.42 Å². The van der Waals surface area contributed by atoms with Gasteiger partial charge in [0.05, 0.1) is 12.2 Å². The molecule has 0 aromatic heterocycles. The van der Waals surface area contributed by atoms with Gasteiger partial charge < -0.3 is 17.0 Å². The highest BCUT2D eigenvalue weighted by Gasteiger charge is 2.44. The first-order valence-corrected chi connectivity index (χ1v) is 11.8. The topological polar surface area (TPSA) is 23.8 Å². The normalized spacial score (nSPS) is 10.7. The van der Waals surface area contributed by atoms with E-state index in [1.54, 1.807) is 0 Å². The molecule has 0 unspecified atom stereocenters. The molecule has 0 amide bonds. The molecule has 0 saturated heterocycles. The summed E-state index contributed by atoms with van der Waals surface area (Å²) in [6.45, 7) is 0. The van der Waals surface area contributed by atoms with Crippen LogP contribution in [0.2, 0.25) is 0 Å². The second kappa shape index (κ2) is 11.8. The Morgan fingerprint density at radius 3 is 1.36 bits per heavy atom. The van der Waals surface area contributed by atoms with Crippen LogP contribution in [-0.2, 0) is 0 Å². The highest BCUT2D eigenvalue weighted by Crippen LogP contribution is 2.55. The van der Waals surface area contributed by atoms with Crippen molar-refractivity contribution < 1.29 is 17.0 Å². The lowest BCUT2D eigenvalue weighted by Gasteiger charge is -2.27. The summed E-state index contributed by atoms with van der Waals surface area (Å²) in [5.74, 6) is 0. The van der Waals surface area contributed by atoms with Crippen LogP contribution in [0.4, 0.5) is 0 Å². The van der Waals surface area contributed by atoms with E-state index < -0.39 is 7.26 Å². The number of hydrogen-bond donors (Lipinski definition) is 0. The highest BCUT2D eigenvalue weighted by atomic mass is 79.9. The van der Waals surface area contributed by atoms with Gasteiger partial charge in [0.15, 0.2) is 0 Å². The molecule has 0 radical (unpaired) electrons. The Labute approximate surface area is 180 Å². The van der Waals surface area contributed by atoms with Gasteiger partial charge in [0.25, 0.3) is 0 Å². The molecule has 3 heteroatoms. The minimum atomic E-state index is -1.67. The average molecular weight is 452 g/mol. The van der Waals surface area contributed by atoms with Crippen LogP contribution in [0.3, 0.4) is 0 Å². The van der Waals surface area contributed by atoms with E-state index in [2.05, 4.69) is 97.1 Å². The van der Waals surface area contributed by atoms with Gasteiger partial charge in [-0.05, 0) is 55.7 Å². The maximum Gasteiger partial charge on any atom is 0.112 e. The number of nitriles is 1. The number of nitrogens with zero attached hydrogens (tertiary/aromatic N) is 1. The molecular weight excluding hydrogens is 425 g/mol. The van der Waals surface area contributed by atoms with E-state index in [1.165, 1.54) is 34.9 Å². The van der Waals surface area contributed by atoms with Crippen molar-refractivity contribution in [2.45, 2.75) is 32.1 Å². The van der Waals surface area contributed by atoms with Gasteiger partial charge in [-0.3, -0.25) is 0 Å². The summed E-state index contributed by atoms with van der Waals surface area (Å²) in [5, 5.41) is 13.1. The molecule has 0 atom stereocenters. The van der Waals surface area contributed by atoms with Crippen molar-refractivity contribution in [2.24, 2.45) is 0 Å². The second-order valence-corrected chi connectivity index (χ2v) is 10.5. The van der Waals surface area contributed by atoms with Crippen LogP contribution in [0.1, 0.15) is 32.1 Å². The molecule has 0 aliphatic heterocycles. The molecule has 0 N–H and O–H groups in total. The van der Waals surface area contributed by atoms with E-state index in [-0.39, 0.29) is 17.0 Å². The van der Waals surface area contributed by atoms with E-state index in [1.807, 2.05) is 0 Å². The number of hydrogen-bond acceptors (Lipinski definition) is 1. The summed E-state index contributed by atoms with van der Waals surface area (Å²) in [4.78, 5) is 0. The van der Waals surface area contributed by atoms with Gasteiger partial charge in [-0.15, -0.1) is 0 Å². The highest BCUT2D eigenvalue weighted by molar-refractivity contribution is 7.95. The fourth-order valence-electron chi connectivity index (χ4n) is 3.79. The van der Waals surface area contributed by atoms with E-state index in [0.717, 1.165) is 12.8 Å². The standard InChI is InChI=1S/C25H27NP.BrH/c26-21-13-2-1-3-14-22-27(23-15-7-4-8-16-23,24-17-9-5-10-18-24)25-19-11-6-12-20-25;/h4-12,15-20H,1-3,13-14,22H2;1H/q+1;/p-1. The minimum Gasteiger partial charge on any atom is -1.00 e. The summed E-state index contributed by atoms with van der Waals surface area (Å²) in [6, 6.07) is 35.5. The summed E-state index contributed by atoms with van der Waals surface area (Å²) >= 11 is 0. The quantitative estimate of drug-likeness (QED) is 0.362. The summed E-state index contributed by atoms with van der Waals surface area (Å²) < 4.78 is 0. The van der Waals surface area contributed by atoms with Crippen molar-refractivity contribution in [2.75, 3.05) is 6.16 Å². The number of rotatable bonds is 9. The third kappa shape index (κ3) is 5.32. The van der Waals surface area contributed by atoms with E-state index in [0.29, 0.717) is 6.42 Å². The summed E-state index contributed by atoms with van der Waals surface area (Å²) in [7, 11) is -1.67. The molecule has 0 aliphatic carbocycles. The monoisotopic (exact) mass is 451 g/mol. The Kier molecular flexibility index (Phi) is 9.42. The third-order valence-corrected chi connectivity index (χ3v) is 9.65. The Morgan fingerprint density at radius 2 is 0.964 bits per heavy atom. The fraction of sp³-hybridized carbons (Fsp3) is 0.240. The molecule has 0 spiro atoms. The van der Waals surface area contributed by atoms with Gasteiger partial charge in [-0.2, -0.15) is 5.26 Å². The van der Waals surface area contributed by atoms with Crippen molar-refractivity contribution in [3.63, 3.8) is 0 Å². The number of benzene rings is 3. The predicted molar refractivity (Wildman–Crippen MR) is 119 cm³/mol. The molecule has 0 heterocycles. The zero-order valence-corrected chi connectivity index (χ0v) is 18.7. The molecule has 144 valence electrons. The fourth-order valence-corrected chi connectivity index (χ4v) is 8.20. The molecular formula is C25H27BrNP. The van der Waals surface area contributed by atoms with E-state index >= 15 is 0 Å². The molecule has 0 aliphatic rings. The Morgan fingerprint density at radius 1 is 0.571 bits per heavy atom. The Bertz CT molecular complexity index is 747. The lowest BCUT2D eigenvalue weighted by Crippen LogP contribution is -3.00. The Balaban J connectivity index is 0.00000280. The first-order valence-electron chi connectivity index (χ1n) is 9.80. The van der Waals surface area contributed by atoms with Crippen LogP contribution in [0.25, 0.3) is 0 Å². The zero-order valence-electron chi connectivity index (χ0n) is 16.2. The van der Waals surface area contributed by atoms with Gasteiger partial charge >= 0.3 is 0 Å². The molecule has 0 saturated carbocycles. The molecule has 28 heavy (non-hydrogen) atoms. The van der Waals surface area contributed by atoms with Crippen LogP contribution in [0.15, 0.2) is 91.0 Å². The Hall–Kier alpha value is -1.94. The maximum atomic E-state index is 8.75. The van der Waals surface area contributed by atoms with Crippen molar-refractivity contribution in [1.29, 1.82) is 5.26 Å². The van der Waals surface area contributed by atoms with Crippen molar-refractivity contribution in [3.05, 3.63) is 91.0 Å². The van der Waals surface area contributed by atoms with Crippen LogP contribution in [0, 0.1) is 11.3 Å². The first kappa shape index (κ1) is 22.4. The van der Waals surface area contributed by atoms with Crippen molar-refractivity contribution >= 4 is 23.2 Å². The van der Waals surface area contributed by atoms with Gasteiger partial charge in [-0.1, -0.05) is 61.0 Å². The molecule has 3 aromatic carbocycles. The molecule has 3 aromatic rings. The van der Waals surface area contributed by atoms with Crippen molar-refractivity contribution in [1.82, 2.24) is 0 Å². The number of unbranched alkanes of at least 4 members (excludes halogenated alkanes) is 4. The zero-order chi connectivity index (χ0) is 18.8. The van der Waals surface area contributed by atoms with Crippen LogP contribution in [0.5, 0.6) is 0 Å². The van der Waals surface area contributed by atoms with Crippen LogP contribution >= 0.6 is 7.26 Å². The number of halogens is 1. The van der Waals surface area contributed by atoms with E-state index in [9.17, 15) is 0 Å². The average Bonchev–Trinajstić information content (AvgIpc) is 2.75. The summed E-state index contributed by atoms with van der Waals surface area (Å²) in [6.07, 6.45) is 6.40.